The van der Waals surface area contributed by atoms with E-state index in [0.717, 1.165) is 52.4 Å². The van der Waals surface area contributed by atoms with Gasteiger partial charge in [0.1, 0.15) is 18.6 Å². The third-order valence-corrected chi connectivity index (χ3v) is 8.32. The molecule has 2 heterocycles. The number of ether oxygens (including phenoxy) is 1. The van der Waals surface area contributed by atoms with E-state index in [0.29, 0.717) is 18.6 Å². The van der Waals surface area contributed by atoms with Crippen LogP contribution in [0.25, 0.3) is 11.1 Å². The summed E-state index contributed by atoms with van der Waals surface area (Å²) in [5, 5.41) is 9.83. The fraction of sp³-hybridized carbons (Fsp3) is 0.355. The molecule has 2 unspecified atom stereocenters. The summed E-state index contributed by atoms with van der Waals surface area (Å²) in [7, 11) is 2.19. The van der Waals surface area contributed by atoms with Gasteiger partial charge in [-0.1, -0.05) is 84.9 Å². The third kappa shape index (κ3) is 5.71. The molecule has 2 aliphatic rings. The fourth-order valence-corrected chi connectivity index (χ4v) is 6.18. The molecule has 2 fully saturated rings. The van der Waals surface area contributed by atoms with Crippen molar-refractivity contribution in [2.45, 2.75) is 49.8 Å². The minimum atomic E-state index is -0.660. The van der Waals surface area contributed by atoms with Gasteiger partial charge in [-0.3, -0.25) is 9.59 Å². The van der Waals surface area contributed by atoms with Gasteiger partial charge in [-0.15, -0.1) is 0 Å². The van der Waals surface area contributed by atoms with Crippen LogP contribution in [0.3, 0.4) is 0 Å². The highest BCUT2D eigenvalue weighted by Gasteiger charge is 2.53. The monoisotopic (exact) mass is 563 g/mol. The molecule has 3 aromatic carbocycles. The van der Waals surface area contributed by atoms with Crippen LogP contribution in [0.2, 0.25) is 0 Å². The number of Topliss-reactive ketones (excluding diaryl/α,β-unsaturated/α-hetero) is 1. The minimum absolute atomic E-state index is 0. The molecule has 0 aromatic heterocycles. The average molecular weight is 565 g/mol. The number of halogens is 1. The molecule has 2 saturated heterocycles. The Balaban J connectivity index is 0.00000320. The standard InChI is InChI=1S/C31H34NO4.BrH/c1-32(20-30(34)25-14-12-23(13-15-25)22-8-4-2-5-9-22)26-16-17-27(32)19-28(18-26)36-31(35)29(21-33)24-10-6-3-7-11-24;/h2-15,26-29,33H,16-21H2,1H3;1H/q+1;/p-1/t26-,27+,28?,29-,32?;/m1./s1. The van der Waals surface area contributed by atoms with Crippen molar-refractivity contribution in [1.29, 1.82) is 0 Å². The van der Waals surface area contributed by atoms with Gasteiger partial charge in [-0.25, -0.2) is 0 Å². The molecule has 37 heavy (non-hydrogen) atoms. The maximum absolute atomic E-state index is 13.3. The Morgan fingerprint density at radius 2 is 1.41 bits per heavy atom. The number of nitrogens with zero attached hydrogens (tertiary/aromatic N) is 1. The molecule has 5 nitrogen and oxygen atoms in total. The Morgan fingerprint density at radius 1 is 0.865 bits per heavy atom. The molecule has 5 rings (SSSR count). The van der Waals surface area contributed by atoms with E-state index in [1.807, 2.05) is 72.8 Å². The van der Waals surface area contributed by atoms with E-state index < -0.39 is 5.92 Å². The van der Waals surface area contributed by atoms with Gasteiger partial charge >= 0.3 is 5.97 Å². The first kappa shape index (κ1) is 27.2. The molecule has 0 aliphatic carbocycles. The number of benzene rings is 3. The van der Waals surface area contributed by atoms with Crippen molar-refractivity contribution in [3.8, 4) is 11.1 Å². The van der Waals surface area contributed by atoms with Crippen molar-refractivity contribution in [2.75, 3.05) is 20.2 Å². The Hall–Kier alpha value is -2.80. The maximum Gasteiger partial charge on any atom is 0.316 e. The van der Waals surface area contributed by atoms with Crippen LogP contribution in [0, 0.1) is 0 Å². The Kier molecular flexibility index (Phi) is 8.63. The van der Waals surface area contributed by atoms with Crippen LogP contribution in [-0.4, -0.2) is 59.7 Å². The van der Waals surface area contributed by atoms with Crippen LogP contribution in [0.15, 0.2) is 84.9 Å². The zero-order valence-electron chi connectivity index (χ0n) is 21.1. The number of esters is 1. The second-order valence-electron chi connectivity index (χ2n) is 10.4. The third-order valence-electron chi connectivity index (χ3n) is 8.32. The van der Waals surface area contributed by atoms with E-state index in [4.69, 9.17) is 4.74 Å². The second kappa shape index (κ2) is 11.7. The summed E-state index contributed by atoms with van der Waals surface area (Å²) in [6, 6.07) is 28.0. The first-order valence-electron chi connectivity index (χ1n) is 12.9. The van der Waals surface area contributed by atoms with Crippen LogP contribution in [0.1, 0.15) is 47.5 Å². The second-order valence-corrected chi connectivity index (χ2v) is 10.4. The molecule has 0 radical (unpaired) electrons. The Bertz CT molecular complexity index is 1180. The maximum atomic E-state index is 13.3. The quantitative estimate of drug-likeness (QED) is 0.259. The molecule has 6 heteroatoms. The van der Waals surface area contributed by atoms with E-state index in [1.165, 1.54) is 0 Å². The first-order chi connectivity index (χ1) is 17.5. The van der Waals surface area contributed by atoms with Crippen molar-refractivity contribution in [3.63, 3.8) is 0 Å². The molecule has 0 saturated carbocycles. The lowest BCUT2D eigenvalue weighted by Crippen LogP contribution is -3.00. The molecule has 1 N–H and O–H groups in total. The highest BCUT2D eigenvalue weighted by atomic mass is 79.9. The van der Waals surface area contributed by atoms with E-state index in [2.05, 4.69) is 19.2 Å². The summed E-state index contributed by atoms with van der Waals surface area (Å²) in [6.07, 6.45) is 3.42. The lowest BCUT2D eigenvalue weighted by molar-refractivity contribution is -0.941. The fourth-order valence-electron chi connectivity index (χ4n) is 6.18. The highest BCUT2D eigenvalue weighted by Crippen LogP contribution is 2.42. The number of fused-ring (bicyclic) bond motifs is 2. The summed E-state index contributed by atoms with van der Waals surface area (Å²) in [5.41, 5.74) is 3.76. The minimum Gasteiger partial charge on any atom is -1.00 e. The summed E-state index contributed by atoms with van der Waals surface area (Å²) in [6.45, 7) is 0.192. The van der Waals surface area contributed by atoms with Gasteiger partial charge in [0.15, 0.2) is 0 Å². The summed E-state index contributed by atoms with van der Waals surface area (Å²) in [5.74, 6) is -0.861. The molecule has 2 bridgehead atoms. The molecule has 0 spiro atoms. The summed E-state index contributed by atoms with van der Waals surface area (Å²) in [4.78, 5) is 26.2. The van der Waals surface area contributed by atoms with Gasteiger partial charge in [0, 0.05) is 31.2 Å². The number of carbonyl (C=O) groups excluding carboxylic acids is 2. The van der Waals surface area contributed by atoms with Gasteiger partial charge in [0.05, 0.1) is 25.7 Å². The van der Waals surface area contributed by atoms with Gasteiger partial charge in [0.2, 0.25) is 5.78 Å². The highest BCUT2D eigenvalue weighted by molar-refractivity contribution is 5.97. The molecule has 194 valence electrons. The van der Waals surface area contributed by atoms with Crippen LogP contribution in [-0.2, 0) is 9.53 Å². The van der Waals surface area contributed by atoms with Crippen LogP contribution in [0.4, 0.5) is 0 Å². The molecule has 2 aliphatic heterocycles. The van der Waals surface area contributed by atoms with Crippen molar-refractivity contribution in [1.82, 2.24) is 0 Å². The normalized spacial score (nSPS) is 25.1. The van der Waals surface area contributed by atoms with E-state index in [-0.39, 0.29) is 41.4 Å². The zero-order valence-corrected chi connectivity index (χ0v) is 22.7. The number of quaternary nitrogens is 1. The van der Waals surface area contributed by atoms with Crippen LogP contribution >= 0.6 is 0 Å². The van der Waals surface area contributed by atoms with Crippen molar-refractivity contribution < 1.29 is 40.9 Å². The molecule has 5 atom stereocenters. The average Bonchev–Trinajstić information content (AvgIpc) is 3.06. The predicted octanol–water partition coefficient (Wildman–Crippen LogP) is 2.00. The number of rotatable bonds is 8. The van der Waals surface area contributed by atoms with Crippen LogP contribution in [0.5, 0.6) is 0 Å². The van der Waals surface area contributed by atoms with Gasteiger partial charge in [-0.05, 0) is 16.7 Å². The van der Waals surface area contributed by atoms with Crippen LogP contribution < -0.4 is 17.0 Å². The van der Waals surface area contributed by atoms with Gasteiger partial charge in [0.25, 0.3) is 0 Å². The van der Waals surface area contributed by atoms with Crippen molar-refractivity contribution in [2.24, 2.45) is 0 Å². The Labute approximate surface area is 229 Å². The number of carbonyl (C=O) groups is 2. The lowest BCUT2D eigenvalue weighted by Gasteiger charge is -2.46. The lowest BCUT2D eigenvalue weighted by atomic mass is 9.94. The van der Waals surface area contributed by atoms with Crippen molar-refractivity contribution >= 4 is 11.8 Å². The van der Waals surface area contributed by atoms with Gasteiger partial charge in [-0.2, -0.15) is 0 Å². The number of ketones is 1. The number of piperidine rings is 1. The first-order valence-corrected chi connectivity index (χ1v) is 12.9. The summed E-state index contributed by atoms with van der Waals surface area (Å²) < 4.78 is 6.64. The number of likely N-dealkylation sites (N-methyl/N-ethyl adjacent to an activating group) is 1. The smallest absolute Gasteiger partial charge is 0.316 e. The van der Waals surface area contributed by atoms with E-state index >= 15 is 0 Å². The topological polar surface area (TPSA) is 63.6 Å². The number of hydrogen-bond donors (Lipinski definition) is 1. The SMILES string of the molecule is C[N+]1(CC(=O)c2ccc(-c3ccccc3)cc2)[C@@H]2CC[C@H]1CC(OC(=O)[C@H](CO)c1ccccc1)C2.[Br-]. The predicted molar refractivity (Wildman–Crippen MR) is 139 cm³/mol. The zero-order chi connectivity index (χ0) is 25.1. The molecule has 3 aromatic rings. The summed E-state index contributed by atoms with van der Waals surface area (Å²) >= 11 is 0. The Morgan fingerprint density at radius 3 is 1.97 bits per heavy atom. The molecular formula is C31H34BrNO4. The van der Waals surface area contributed by atoms with Gasteiger partial charge < -0.3 is 31.3 Å². The number of aliphatic hydroxyl groups excluding tert-OH is 1. The number of hydrogen-bond acceptors (Lipinski definition) is 4. The number of aliphatic hydroxyl groups is 1. The van der Waals surface area contributed by atoms with E-state index in [9.17, 15) is 14.7 Å². The van der Waals surface area contributed by atoms with E-state index in [1.54, 1.807) is 0 Å². The van der Waals surface area contributed by atoms with Crippen molar-refractivity contribution in [3.05, 3.63) is 96.1 Å². The largest absolute Gasteiger partial charge is 1.00 e. The molecule has 0 amide bonds. The molecular weight excluding hydrogens is 530 g/mol.